The zero-order valence-corrected chi connectivity index (χ0v) is 18.7. The third kappa shape index (κ3) is 6.31. The van der Waals surface area contributed by atoms with Gasteiger partial charge in [-0.3, -0.25) is 14.5 Å². The molecule has 0 spiro atoms. The largest absolute Gasteiger partial charge is 0.459 e. The van der Waals surface area contributed by atoms with E-state index in [4.69, 9.17) is 4.42 Å². The topological polar surface area (TPSA) is 74.6 Å². The quantitative estimate of drug-likeness (QED) is 0.482. The third-order valence-corrected chi connectivity index (χ3v) is 5.56. The molecular weight excluding hydrogens is 402 g/mol. The summed E-state index contributed by atoms with van der Waals surface area (Å²) in [5.74, 6) is -0.447. The minimum absolute atomic E-state index is 0.0494. The van der Waals surface area contributed by atoms with Gasteiger partial charge >= 0.3 is 0 Å². The first-order valence-corrected chi connectivity index (χ1v) is 11.1. The Hall–Kier alpha value is -3.38. The van der Waals surface area contributed by atoms with Crippen molar-refractivity contribution in [2.24, 2.45) is 0 Å². The van der Waals surface area contributed by atoms with Gasteiger partial charge in [-0.15, -0.1) is 0 Å². The number of likely N-dealkylation sites (N-methyl/N-ethyl adjacent to an activating group) is 1. The van der Waals surface area contributed by atoms with Crippen LogP contribution in [0.4, 0.5) is 0 Å². The Kier molecular flexibility index (Phi) is 8.63. The number of amides is 2. The minimum atomic E-state index is -0.719. The van der Waals surface area contributed by atoms with Crippen LogP contribution in [0.3, 0.4) is 0 Å². The molecule has 2 atom stereocenters. The fourth-order valence-corrected chi connectivity index (χ4v) is 3.81. The molecule has 2 amide bonds. The Bertz CT molecular complexity index is 955. The van der Waals surface area contributed by atoms with Crippen LogP contribution in [-0.4, -0.2) is 42.4 Å². The van der Waals surface area contributed by atoms with Gasteiger partial charge < -0.3 is 15.1 Å². The van der Waals surface area contributed by atoms with Crippen molar-refractivity contribution in [3.8, 4) is 0 Å². The van der Waals surface area contributed by atoms with Gasteiger partial charge in [-0.2, -0.15) is 0 Å². The SMILES string of the molecule is CCN(CC)C(CNC(=O)C(Cc1ccccc1)NC(=O)c1ccco1)c1ccccc1. The van der Waals surface area contributed by atoms with E-state index in [9.17, 15) is 9.59 Å². The molecule has 0 aliphatic rings. The van der Waals surface area contributed by atoms with Crippen molar-refractivity contribution in [1.82, 2.24) is 15.5 Å². The van der Waals surface area contributed by atoms with Gasteiger partial charge in [0.05, 0.1) is 12.3 Å². The maximum atomic E-state index is 13.2. The second kappa shape index (κ2) is 11.9. The smallest absolute Gasteiger partial charge is 0.287 e. The molecule has 0 fully saturated rings. The van der Waals surface area contributed by atoms with Crippen LogP contribution in [-0.2, 0) is 11.2 Å². The van der Waals surface area contributed by atoms with E-state index in [-0.39, 0.29) is 17.7 Å². The molecule has 0 aliphatic carbocycles. The van der Waals surface area contributed by atoms with Gasteiger partial charge in [0.15, 0.2) is 5.76 Å². The van der Waals surface area contributed by atoms with Crippen LogP contribution in [0.2, 0.25) is 0 Å². The highest BCUT2D eigenvalue weighted by Gasteiger charge is 2.25. The molecular formula is C26H31N3O3. The molecule has 0 aliphatic heterocycles. The molecule has 1 heterocycles. The molecule has 2 aromatic carbocycles. The third-order valence-electron chi connectivity index (χ3n) is 5.56. The van der Waals surface area contributed by atoms with Gasteiger partial charge in [-0.25, -0.2) is 0 Å². The molecule has 0 radical (unpaired) electrons. The van der Waals surface area contributed by atoms with Crippen LogP contribution in [0.25, 0.3) is 0 Å². The zero-order valence-electron chi connectivity index (χ0n) is 18.7. The zero-order chi connectivity index (χ0) is 22.8. The van der Waals surface area contributed by atoms with Crippen LogP contribution >= 0.6 is 0 Å². The van der Waals surface area contributed by atoms with Crippen LogP contribution < -0.4 is 10.6 Å². The van der Waals surface area contributed by atoms with Crippen molar-refractivity contribution in [2.75, 3.05) is 19.6 Å². The van der Waals surface area contributed by atoms with E-state index < -0.39 is 11.9 Å². The number of rotatable bonds is 11. The summed E-state index contributed by atoms with van der Waals surface area (Å²) in [7, 11) is 0. The molecule has 3 aromatic rings. The number of benzene rings is 2. The number of carbonyl (C=O) groups is 2. The number of hydrogen-bond acceptors (Lipinski definition) is 4. The highest BCUT2D eigenvalue weighted by Crippen LogP contribution is 2.19. The predicted molar refractivity (Wildman–Crippen MR) is 125 cm³/mol. The highest BCUT2D eigenvalue weighted by molar-refractivity contribution is 5.95. The first kappa shape index (κ1) is 23.3. The van der Waals surface area contributed by atoms with Crippen molar-refractivity contribution in [1.29, 1.82) is 0 Å². The van der Waals surface area contributed by atoms with Crippen LogP contribution in [0.1, 0.15) is 41.6 Å². The molecule has 0 saturated heterocycles. The normalized spacial score (nSPS) is 12.8. The molecule has 6 nitrogen and oxygen atoms in total. The number of furan rings is 1. The van der Waals surface area contributed by atoms with Gasteiger partial charge in [-0.05, 0) is 36.3 Å². The van der Waals surface area contributed by atoms with Crippen molar-refractivity contribution >= 4 is 11.8 Å². The number of nitrogens with zero attached hydrogens (tertiary/aromatic N) is 1. The van der Waals surface area contributed by atoms with E-state index >= 15 is 0 Å². The highest BCUT2D eigenvalue weighted by atomic mass is 16.3. The van der Waals surface area contributed by atoms with Gasteiger partial charge in [0.2, 0.25) is 5.91 Å². The Morgan fingerprint density at radius 2 is 1.56 bits per heavy atom. The summed E-state index contributed by atoms with van der Waals surface area (Å²) >= 11 is 0. The van der Waals surface area contributed by atoms with E-state index in [0.717, 1.165) is 24.2 Å². The predicted octanol–water partition coefficient (Wildman–Crippen LogP) is 3.82. The summed E-state index contributed by atoms with van der Waals surface area (Å²) in [6.45, 7) is 6.42. The Morgan fingerprint density at radius 3 is 2.16 bits per heavy atom. The van der Waals surface area contributed by atoms with E-state index in [1.807, 2.05) is 48.5 Å². The lowest BCUT2D eigenvalue weighted by molar-refractivity contribution is -0.123. The van der Waals surface area contributed by atoms with Crippen molar-refractivity contribution in [3.63, 3.8) is 0 Å². The fourth-order valence-electron chi connectivity index (χ4n) is 3.81. The van der Waals surface area contributed by atoms with E-state index in [0.29, 0.717) is 13.0 Å². The number of hydrogen-bond donors (Lipinski definition) is 2. The summed E-state index contributed by atoms with van der Waals surface area (Å²) in [6.07, 6.45) is 1.83. The van der Waals surface area contributed by atoms with Crippen molar-refractivity contribution < 1.29 is 14.0 Å². The van der Waals surface area contributed by atoms with Gasteiger partial charge in [-0.1, -0.05) is 74.5 Å². The molecule has 1 aromatic heterocycles. The van der Waals surface area contributed by atoms with E-state index in [1.165, 1.54) is 6.26 Å². The summed E-state index contributed by atoms with van der Waals surface area (Å²) < 4.78 is 5.19. The summed E-state index contributed by atoms with van der Waals surface area (Å²) in [6, 6.07) is 22.4. The monoisotopic (exact) mass is 433 g/mol. The molecule has 3 rings (SSSR count). The fraction of sp³-hybridized carbons (Fsp3) is 0.308. The van der Waals surface area contributed by atoms with Crippen LogP contribution in [0.15, 0.2) is 83.5 Å². The molecule has 32 heavy (non-hydrogen) atoms. The Balaban J connectivity index is 1.74. The first-order chi connectivity index (χ1) is 15.6. The molecule has 0 bridgehead atoms. The number of carbonyl (C=O) groups excluding carboxylic acids is 2. The maximum Gasteiger partial charge on any atom is 0.287 e. The minimum Gasteiger partial charge on any atom is -0.459 e. The van der Waals surface area contributed by atoms with Gasteiger partial charge in [0.25, 0.3) is 5.91 Å². The van der Waals surface area contributed by atoms with E-state index in [1.54, 1.807) is 12.1 Å². The standard InChI is InChI=1S/C26H31N3O3/c1-3-29(4-2)23(21-14-9-6-10-15-21)19-27-25(30)22(18-20-12-7-5-8-13-20)28-26(31)24-16-11-17-32-24/h5-17,22-23H,3-4,18-19H2,1-2H3,(H,27,30)(H,28,31). The molecule has 0 saturated carbocycles. The lowest BCUT2D eigenvalue weighted by Gasteiger charge is -2.31. The summed E-state index contributed by atoms with van der Waals surface area (Å²) in [5, 5.41) is 5.91. The molecule has 168 valence electrons. The molecule has 6 heteroatoms. The Morgan fingerprint density at radius 1 is 0.906 bits per heavy atom. The average molecular weight is 434 g/mol. The van der Waals surface area contributed by atoms with Crippen LogP contribution in [0, 0.1) is 0 Å². The van der Waals surface area contributed by atoms with E-state index in [2.05, 4.69) is 41.5 Å². The lowest BCUT2D eigenvalue weighted by Crippen LogP contribution is -2.49. The molecule has 2 unspecified atom stereocenters. The summed E-state index contributed by atoms with van der Waals surface area (Å²) in [4.78, 5) is 28.1. The molecule has 2 N–H and O–H groups in total. The van der Waals surface area contributed by atoms with Crippen molar-refractivity contribution in [3.05, 3.63) is 95.9 Å². The maximum absolute atomic E-state index is 13.2. The summed E-state index contributed by atoms with van der Waals surface area (Å²) in [5.41, 5.74) is 2.12. The van der Waals surface area contributed by atoms with Gasteiger partial charge in [0.1, 0.15) is 6.04 Å². The Labute approximate surface area is 189 Å². The average Bonchev–Trinajstić information content (AvgIpc) is 3.37. The number of nitrogens with one attached hydrogen (secondary N) is 2. The first-order valence-electron chi connectivity index (χ1n) is 11.1. The lowest BCUT2D eigenvalue weighted by atomic mass is 10.0. The van der Waals surface area contributed by atoms with Gasteiger partial charge in [0, 0.05) is 13.0 Å². The second-order valence-corrected chi connectivity index (χ2v) is 7.59. The van der Waals surface area contributed by atoms with Crippen molar-refractivity contribution in [2.45, 2.75) is 32.4 Å². The van der Waals surface area contributed by atoms with Crippen LogP contribution in [0.5, 0.6) is 0 Å². The second-order valence-electron chi connectivity index (χ2n) is 7.59.